The summed E-state index contributed by atoms with van der Waals surface area (Å²) in [6, 6.07) is 12.2. The van der Waals surface area contributed by atoms with Crippen LogP contribution in [0.4, 0.5) is 5.69 Å². The van der Waals surface area contributed by atoms with E-state index in [2.05, 4.69) is 37.2 Å². The first-order chi connectivity index (χ1) is 14.1. The van der Waals surface area contributed by atoms with Crippen molar-refractivity contribution in [3.05, 3.63) is 48.2 Å². The van der Waals surface area contributed by atoms with Crippen molar-refractivity contribution in [1.82, 2.24) is 15.2 Å². The quantitative estimate of drug-likeness (QED) is 0.355. The first-order valence-corrected chi connectivity index (χ1v) is 10.0. The van der Waals surface area contributed by atoms with Gasteiger partial charge in [-0.25, -0.2) is 4.98 Å². The van der Waals surface area contributed by atoms with Crippen molar-refractivity contribution in [3.63, 3.8) is 0 Å². The molecule has 0 atom stereocenters. The Morgan fingerprint density at radius 1 is 1.17 bits per heavy atom. The molecule has 2 heterocycles. The molecule has 1 aliphatic rings. The lowest BCUT2D eigenvalue weighted by molar-refractivity contribution is 0.232. The van der Waals surface area contributed by atoms with E-state index in [-0.39, 0.29) is 30.1 Å². The van der Waals surface area contributed by atoms with Crippen molar-refractivity contribution in [2.24, 2.45) is 4.99 Å². The zero-order valence-corrected chi connectivity index (χ0v) is 20.5. The molecular weight excluding hydrogens is 493 g/mol. The summed E-state index contributed by atoms with van der Waals surface area (Å²) in [6.45, 7) is 8.38. The number of hydrogen-bond donors (Lipinski definition) is 1. The molecule has 8 heteroatoms. The molecule has 2 aromatic rings. The summed E-state index contributed by atoms with van der Waals surface area (Å²) in [6.07, 6.45) is 1.97. The number of hydrogen-bond acceptors (Lipinski definition) is 5. The van der Waals surface area contributed by atoms with Gasteiger partial charge in [-0.3, -0.25) is 4.99 Å². The highest BCUT2D eigenvalue weighted by Crippen LogP contribution is 2.22. The monoisotopic (exact) mass is 525 g/mol. The molecule has 7 nitrogen and oxygen atoms in total. The molecule has 0 saturated carbocycles. The third-order valence-electron chi connectivity index (χ3n) is 4.81. The van der Waals surface area contributed by atoms with Crippen molar-refractivity contribution in [2.75, 3.05) is 45.2 Å². The minimum absolute atomic E-state index is 0. The van der Waals surface area contributed by atoms with Crippen LogP contribution in [0.25, 0.3) is 0 Å². The molecule has 0 unspecified atom stereocenters. The van der Waals surface area contributed by atoms with Crippen molar-refractivity contribution in [3.8, 4) is 11.6 Å². The number of ether oxygens (including phenoxy) is 2. The van der Waals surface area contributed by atoms with Gasteiger partial charge in [0, 0.05) is 63.8 Å². The Balaban J connectivity index is 0.00000320. The molecule has 3 rings (SSSR count). The summed E-state index contributed by atoms with van der Waals surface area (Å²) in [5.74, 6) is 2.46. The summed E-state index contributed by atoms with van der Waals surface area (Å²) >= 11 is 0. The molecule has 1 saturated heterocycles. The molecule has 1 aromatic heterocycles. The minimum atomic E-state index is 0. The Bertz CT molecular complexity index is 805. The number of pyridine rings is 1. The fraction of sp³-hybridized carbons (Fsp3) is 0.455. The van der Waals surface area contributed by atoms with Gasteiger partial charge < -0.3 is 24.6 Å². The first kappa shape index (κ1) is 24.0. The molecule has 1 aliphatic heterocycles. The molecule has 0 aliphatic carbocycles. The van der Waals surface area contributed by atoms with Gasteiger partial charge in [-0.1, -0.05) is 12.1 Å². The lowest BCUT2D eigenvalue weighted by atomic mass is 10.2. The topological polar surface area (TPSA) is 62.2 Å². The largest absolute Gasteiger partial charge is 0.497 e. The summed E-state index contributed by atoms with van der Waals surface area (Å²) in [4.78, 5) is 13.5. The van der Waals surface area contributed by atoms with Crippen LogP contribution in [-0.4, -0.2) is 62.3 Å². The van der Waals surface area contributed by atoms with Crippen LogP contribution in [0.15, 0.2) is 47.6 Å². The predicted octanol–water partition coefficient (Wildman–Crippen LogP) is 3.39. The van der Waals surface area contributed by atoms with E-state index >= 15 is 0 Å². The zero-order chi connectivity index (χ0) is 20.6. The minimum Gasteiger partial charge on any atom is -0.497 e. The van der Waals surface area contributed by atoms with Gasteiger partial charge in [-0.15, -0.1) is 24.0 Å². The number of anilines is 1. The average Bonchev–Trinajstić information content (AvgIpc) is 2.75. The van der Waals surface area contributed by atoms with Gasteiger partial charge in [-0.2, -0.15) is 0 Å². The molecule has 164 valence electrons. The highest BCUT2D eigenvalue weighted by Gasteiger charge is 2.20. The summed E-state index contributed by atoms with van der Waals surface area (Å²) in [7, 11) is 3.53. The molecule has 30 heavy (non-hydrogen) atoms. The summed E-state index contributed by atoms with van der Waals surface area (Å²) in [5, 5.41) is 3.45. The standard InChI is InChI=1S/C22H31N5O2.HI/c1-17(2)29-21-9-8-18(15-24-21)16-25-22(23-3)27-12-10-26(11-13-27)19-6-5-7-20(14-19)28-4;/h5-9,14-15,17H,10-13,16H2,1-4H3,(H,23,25);1H. The zero-order valence-electron chi connectivity index (χ0n) is 18.2. The van der Waals surface area contributed by atoms with Gasteiger partial charge in [0.15, 0.2) is 5.96 Å². The first-order valence-electron chi connectivity index (χ1n) is 10.0. The van der Waals surface area contributed by atoms with Gasteiger partial charge in [0.1, 0.15) is 5.75 Å². The molecule has 0 bridgehead atoms. The Labute approximate surface area is 196 Å². The van der Waals surface area contributed by atoms with Gasteiger partial charge >= 0.3 is 0 Å². The molecule has 0 amide bonds. The van der Waals surface area contributed by atoms with Crippen LogP contribution in [0.3, 0.4) is 0 Å². The normalized spacial score (nSPS) is 14.4. The van der Waals surface area contributed by atoms with Gasteiger partial charge in [0.2, 0.25) is 5.88 Å². The maximum atomic E-state index is 5.60. The van der Waals surface area contributed by atoms with E-state index in [9.17, 15) is 0 Å². The number of methoxy groups -OCH3 is 1. The van der Waals surface area contributed by atoms with Crippen LogP contribution in [0.5, 0.6) is 11.6 Å². The lowest BCUT2D eigenvalue weighted by Crippen LogP contribution is -2.52. The fourth-order valence-electron chi connectivity index (χ4n) is 3.32. The van der Waals surface area contributed by atoms with Crippen molar-refractivity contribution in [2.45, 2.75) is 26.5 Å². The van der Waals surface area contributed by atoms with Crippen LogP contribution in [0, 0.1) is 0 Å². The molecule has 1 fully saturated rings. The van der Waals surface area contributed by atoms with E-state index in [0.29, 0.717) is 12.4 Å². The van der Waals surface area contributed by atoms with Crippen molar-refractivity contribution < 1.29 is 9.47 Å². The van der Waals surface area contributed by atoms with Crippen LogP contribution < -0.4 is 19.7 Å². The van der Waals surface area contributed by atoms with Gasteiger partial charge in [-0.05, 0) is 31.5 Å². The number of nitrogens with one attached hydrogen (secondary N) is 1. The third kappa shape index (κ3) is 6.65. The Hall–Kier alpha value is -2.23. The number of aromatic nitrogens is 1. The highest BCUT2D eigenvalue weighted by molar-refractivity contribution is 14.0. The maximum Gasteiger partial charge on any atom is 0.213 e. The van der Waals surface area contributed by atoms with Crippen molar-refractivity contribution >= 4 is 35.6 Å². The smallest absolute Gasteiger partial charge is 0.213 e. The Kier molecular flexibility index (Phi) is 9.48. The number of guanidine groups is 1. The third-order valence-corrected chi connectivity index (χ3v) is 4.81. The summed E-state index contributed by atoms with van der Waals surface area (Å²) < 4.78 is 10.9. The second-order valence-electron chi connectivity index (χ2n) is 7.25. The summed E-state index contributed by atoms with van der Waals surface area (Å²) in [5.41, 5.74) is 2.29. The average molecular weight is 525 g/mol. The number of benzene rings is 1. The Morgan fingerprint density at radius 3 is 2.53 bits per heavy atom. The van der Waals surface area contributed by atoms with Crippen LogP contribution in [0.2, 0.25) is 0 Å². The number of rotatable bonds is 6. The van der Waals surface area contributed by atoms with Crippen LogP contribution >= 0.6 is 24.0 Å². The molecular formula is C22H32IN5O2. The van der Waals surface area contributed by atoms with Gasteiger partial charge in [0.25, 0.3) is 0 Å². The number of nitrogens with zero attached hydrogens (tertiary/aromatic N) is 4. The van der Waals surface area contributed by atoms with Crippen molar-refractivity contribution in [1.29, 1.82) is 0 Å². The van der Waals surface area contributed by atoms with Crippen LogP contribution in [0.1, 0.15) is 19.4 Å². The molecule has 0 spiro atoms. The highest BCUT2D eigenvalue weighted by atomic mass is 127. The second kappa shape index (κ2) is 11.8. The van der Waals surface area contributed by atoms with E-state index in [1.165, 1.54) is 5.69 Å². The lowest BCUT2D eigenvalue weighted by Gasteiger charge is -2.37. The van der Waals surface area contributed by atoms with E-state index in [4.69, 9.17) is 9.47 Å². The SMILES string of the molecule is CN=C(NCc1ccc(OC(C)C)nc1)N1CCN(c2cccc(OC)c2)CC1.I. The number of halogens is 1. The second-order valence-corrected chi connectivity index (χ2v) is 7.25. The number of piperazine rings is 1. The Morgan fingerprint density at radius 2 is 1.93 bits per heavy atom. The molecule has 1 N–H and O–H groups in total. The maximum absolute atomic E-state index is 5.60. The van der Waals surface area contributed by atoms with E-state index in [1.54, 1.807) is 7.11 Å². The molecule has 1 aromatic carbocycles. The van der Waals surface area contributed by atoms with Gasteiger partial charge in [0.05, 0.1) is 13.2 Å². The van der Waals surface area contributed by atoms with E-state index < -0.39 is 0 Å². The molecule has 0 radical (unpaired) electrons. The number of aliphatic imine (C=N–C) groups is 1. The van der Waals surface area contributed by atoms with E-state index in [1.807, 2.05) is 51.4 Å². The van der Waals surface area contributed by atoms with E-state index in [0.717, 1.165) is 43.5 Å². The van der Waals surface area contributed by atoms with Crippen LogP contribution in [-0.2, 0) is 6.54 Å². The predicted molar refractivity (Wildman–Crippen MR) is 132 cm³/mol. The fourth-order valence-corrected chi connectivity index (χ4v) is 3.32.